The molecule has 4 nitrogen and oxygen atoms in total. The Morgan fingerprint density at radius 2 is 1.59 bits per heavy atom. The average Bonchev–Trinajstić information content (AvgIpc) is 3.25. The zero-order valence-corrected chi connectivity index (χ0v) is 21.0. The second-order valence-electron chi connectivity index (χ2n) is 9.23. The Morgan fingerprint density at radius 3 is 2.25 bits per heavy atom. The van der Waals surface area contributed by atoms with Crippen molar-refractivity contribution in [3.8, 4) is 11.5 Å². The highest BCUT2D eigenvalue weighted by atomic mass is 32.1. The number of nitrogens with one attached hydrogen (secondary N) is 2. The summed E-state index contributed by atoms with van der Waals surface area (Å²) in [6.45, 7) is 12.2. The highest BCUT2D eigenvalue weighted by Crippen LogP contribution is 2.40. The Balaban J connectivity index is 1.75. The van der Waals surface area contributed by atoms with E-state index in [2.05, 4.69) is 75.6 Å². The van der Waals surface area contributed by atoms with Gasteiger partial charge < -0.3 is 20.1 Å². The van der Waals surface area contributed by atoms with Crippen LogP contribution >= 0.6 is 12.2 Å². The van der Waals surface area contributed by atoms with Crippen LogP contribution in [0.4, 0.5) is 5.69 Å². The van der Waals surface area contributed by atoms with Crippen LogP contribution in [0.3, 0.4) is 0 Å². The van der Waals surface area contributed by atoms with Crippen LogP contribution in [0.15, 0.2) is 36.4 Å². The number of fused-ring (bicyclic) bond motifs is 1. The molecule has 3 rings (SSSR count). The lowest BCUT2D eigenvalue weighted by molar-refractivity contribution is 0.173. The number of hydrogen-bond donors (Lipinski definition) is 2. The highest BCUT2D eigenvalue weighted by molar-refractivity contribution is 7.80. The molecule has 1 aliphatic heterocycles. The number of benzene rings is 2. The van der Waals surface area contributed by atoms with Crippen molar-refractivity contribution in [2.75, 3.05) is 18.7 Å². The van der Waals surface area contributed by atoms with Gasteiger partial charge in [0.05, 0.1) is 0 Å². The minimum Gasteiger partial charge on any atom is -0.454 e. The van der Waals surface area contributed by atoms with Gasteiger partial charge in [-0.1, -0.05) is 84.2 Å². The Morgan fingerprint density at radius 1 is 0.938 bits per heavy atom. The molecule has 0 aromatic heterocycles. The normalized spacial score (nSPS) is 13.5. The summed E-state index contributed by atoms with van der Waals surface area (Å²) in [6, 6.07) is 12.7. The van der Waals surface area contributed by atoms with Crippen molar-refractivity contribution in [1.29, 1.82) is 0 Å². The Bertz CT molecular complexity index is 884. The van der Waals surface area contributed by atoms with E-state index in [4.69, 9.17) is 21.7 Å². The van der Waals surface area contributed by atoms with Crippen LogP contribution in [0.1, 0.15) is 94.7 Å². The predicted octanol–water partition coefficient (Wildman–Crippen LogP) is 7.31. The summed E-state index contributed by atoms with van der Waals surface area (Å²) in [7, 11) is 0. The van der Waals surface area contributed by atoms with Crippen LogP contribution in [0.25, 0.3) is 0 Å². The van der Waals surface area contributed by atoms with Crippen LogP contribution in [-0.4, -0.2) is 18.5 Å². The first-order chi connectivity index (χ1) is 15.4. The molecule has 174 valence electrons. The Kier molecular flexibility index (Phi) is 8.80. The van der Waals surface area contributed by atoms with E-state index in [1.807, 2.05) is 6.07 Å². The summed E-state index contributed by atoms with van der Waals surface area (Å²) < 4.78 is 11.4. The van der Waals surface area contributed by atoms with Crippen molar-refractivity contribution in [3.05, 3.63) is 53.1 Å². The molecule has 1 unspecified atom stereocenters. The molecule has 2 N–H and O–H groups in total. The fourth-order valence-corrected chi connectivity index (χ4v) is 4.54. The molecule has 1 atom stereocenters. The third-order valence-corrected chi connectivity index (χ3v) is 6.39. The van der Waals surface area contributed by atoms with Gasteiger partial charge in [0.15, 0.2) is 16.6 Å². The lowest BCUT2D eigenvalue weighted by Crippen LogP contribution is -2.33. The standard InChI is InChI=1S/C27H38N2O2S/c1-6-7-8-11-20(23-14-10-15-24-26(23)31-17-30-24)16-28-27(32)29-25-21(18(2)3)12-9-13-22(25)19(4)5/h9-10,12-15,18-20H,6-8,11,16-17H2,1-5H3,(H2,28,29,32). The van der Waals surface area contributed by atoms with Crippen LogP contribution in [-0.2, 0) is 0 Å². The van der Waals surface area contributed by atoms with Gasteiger partial charge in [0, 0.05) is 23.7 Å². The van der Waals surface area contributed by atoms with Gasteiger partial charge in [0.1, 0.15) is 0 Å². The molecular weight excluding hydrogens is 416 g/mol. The van der Waals surface area contributed by atoms with E-state index in [0.717, 1.165) is 30.2 Å². The van der Waals surface area contributed by atoms with Gasteiger partial charge in [-0.3, -0.25) is 0 Å². The monoisotopic (exact) mass is 454 g/mol. The van der Waals surface area contributed by atoms with Crippen molar-refractivity contribution in [3.63, 3.8) is 0 Å². The van der Waals surface area contributed by atoms with Crippen LogP contribution in [0, 0.1) is 0 Å². The highest BCUT2D eigenvalue weighted by Gasteiger charge is 2.23. The third kappa shape index (κ3) is 5.94. The fourth-order valence-electron chi connectivity index (χ4n) is 4.35. The average molecular weight is 455 g/mol. The van der Waals surface area contributed by atoms with E-state index in [1.54, 1.807) is 0 Å². The minimum atomic E-state index is 0.297. The molecule has 0 radical (unpaired) electrons. The zero-order chi connectivity index (χ0) is 23.1. The van der Waals surface area contributed by atoms with Gasteiger partial charge in [-0.2, -0.15) is 0 Å². The maximum absolute atomic E-state index is 5.81. The molecule has 0 bridgehead atoms. The number of thiocarbonyl (C=S) groups is 1. The summed E-state index contributed by atoms with van der Waals surface area (Å²) in [5.41, 5.74) is 4.95. The Labute approximate surface area is 199 Å². The van der Waals surface area contributed by atoms with Crippen molar-refractivity contribution in [2.24, 2.45) is 0 Å². The third-order valence-electron chi connectivity index (χ3n) is 6.14. The first-order valence-corrected chi connectivity index (χ1v) is 12.4. The van der Waals surface area contributed by atoms with Gasteiger partial charge in [-0.05, 0) is 47.7 Å². The molecule has 2 aromatic rings. The maximum Gasteiger partial charge on any atom is 0.231 e. The molecule has 2 aromatic carbocycles. The number of para-hydroxylation sites is 2. The summed E-state index contributed by atoms with van der Waals surface area (Å²) in [5, 5.41) is 7.71. The molecule has 5 heteroatoms. The molecule has 0 amide bonds. The lowest BCUT2D eigenvalue weighted by atomic mass is 9.92. The van der Waals surface area contributed by atoms with Gasteiger partial charge in [-0.15, -0.1) is 0 Å². The molecule has 0 saturated heterocycles. The largest absolute Gasteiger partial charge is 0.454 e. The lowest BCUT2D eigenvalue weighted by Gasteiger charge is -2.24. The van der Waals surface area contributed by atoms with E-state index < -0.39 is 0 Å². The van der Waals surface area contributed by atoms with Crippen LogP contribution < -0.4 is 20.1 Å². The summed E-state index contributed by atoms with van der Waals surface area (Å²) >= 11 is 5.75. The smallest absolute Gasteiger partial charge is 0.231 e. The van der Waals surface area contributed by atoms with Crippen molar-refractivity contribution in [1.82, 2.24) is 5.32 Å². The molecule has 1 aliphatic rings. The first kappa shape index (κ1) is 24.4. The number of unbranched alkanes of at least 4 members (excludes halogenated alkanes) is 2. The van der Waals surface area contributed by atoms with Crippen molar-refractivity contribution < 1.29 is 9.47 Å². The number of hydrogen-bond acceptors (Lipinski definition) is 3. The summed E-state index contributed by atoms with van der Waals surface area (Å²) in [5.74, 6) is 2.88. The molecule has 1 heterocycles. The first-order valence-electron chi connectivity index (χ1n) is 12.0. The van der Waals surface area contributed by atoms with Gasteiger partial charge in [0.25, 0.3) is 0 Å². The molecule has 32 heavy (non-hydrogen) atoms. The second-order valence-corrected chi connectivity index (χ2v) is 9.64. The summed E-state index contributed by atoms with van der Waals surface area (Å²) in [4.78, 5) is 0. The molecule has 0 fully saturated rings. The number of rotatable bonds is 10. The van der Waals surface area contributed by atoms with Crippen molar-refractivity contribution >= 4 is 23.0 Å². The molecular formula is C27H38N2O2S. The number of anilines is 1. The molecule has 0 aliphatic carbocycles. The minimum absolute atomic E-state index is 0.297. The SMILES string of the molecule is CCCCCC(CNC(=S)Nc1c(C(C)C)cccc1C(C)C)c1cccc2c1OCO2. The van der Waals surface area contributed by atoms with E-state index in [-0.39, 0.29) is 0 Å². The van der Waals surface area contributed by atoms with Crippen LogP contribution in [0.5, 0.6) is 11.5 Å². The van der Waals surface area contributed by atoms with Gasteiger partial charge >= 0.3 is 0 Å². The summed E-state index contributed by atoms with van der Waals surface area (Å²) in [6.07, 6.45) is 4.70. The zero-order valence-electron chi connectivity index (χ0n) is 20.2. The maximum atomic E-state index is 5.81. The molecule has 0 spiro atoms. The van der Waals surface area contributed by atoms with E-state index in [1.165, 1.54) is 36.0 Å². The topological polar surface area (TPSA) is 42.5 Å². The number of ether oxygens (including phenoxy) is 2. The molecule has 0 saturated carbocycles. The van der Waals surface area contributed by atoms with Gasteiger partial charge in [-0.25, -0.2) is 0 Å². The van der Waals surface area contributed by atoms with Gasteiger partial charge in [0.2, 0.25) is 6.79 Å². The van der Waals surface area contributed by atoms with Crippen molar-refractivity contribution in [2.45, 2.75) is 78.1 Å². The van der Waals surface area contributed by atoms with E-state index in [9.17, 15) is 0 Å². The second kappa shape index (κ2) is 11.6. The predicted molar refractivity (Wildman–Crippen MR) is 138 cm³/mol. The van der Waals surface area contributed by atoms with E-state index >= 15 is 0 Å². The Hall–Kier alpha value is -2.27. The quantitative estimate of drug-likeness (QED) is 0.291. The van der Waals surface area contributed by atoms with E-state index in [0.29, 0.717) is 29.7 Å². The van der Waals surface area contributed by atoms with Crippen LogP contribution in [0.2, 0.25) is 0 Å². The fraction of sp³-hybridized carbons (Fsp3) is 0.519.